The number of hydrogen-bond acceptors (Lipinski definition) is 5. The van der Waals surface area contributed by atoms with Crippen molar-refractivity contribution in [2.45, 2.75) is 65.2 Å². The smallest absolute Gasteiger partial charge is 0.253 e. The van der Waals surface area contributed by atoms with Gasteiger partial charge in [-0.3, -0.25) is 9.59 Å². The predicted molar refractivity (Wildman–Crippen MR) is 147 cm³/mol. The van der Waals surface area contributed by atoms with Crippen molar-refractivity contribution >= 4 is 40.9 Å². The lowest BCUT2D eigenvalue weighted by molar-refractivity contribution is -0.113. The Morgan fingerprint density at radius 1 is 1.08 bits per heavy atom. The molecule has 0 radical (unpaired) electrons. The summed E-state index contributed by atoms with van der Waals surface area (Å²) in [6, 6.07) is 12.7. The summed E-state index contributed by atoms with van der Waals surface area (Å²) in [6.07, 6.45) is 1.53. The fourth-order valence-electron chi connectivity index (χ4n) is 4.05. The zero-order valence-corrected chi connectivity index (χ0v) is 23.0. The number of carbonyl (C=O) groups is 2. The largest absolute Gasteiger partial charge is 0.342 e. The monoisotopic (exact) mass is 527 g/mol. The summed E-state index contributed by atoms with van der Waals surface area (Å²) in [6.45, 7) is 10.9. The summed E-state index contributed by atoms with van der Waals surface area (Å²) < 4.78 is 1.96. The molecule has 0 aliphatic heterocycles. The Balaban J connectivity index is 1.76. The van der Waals surface area contributed by atoms with Crippen LogP contribution in [0.25, 0.3) is 0 Å². The van der Waals surface area contributed by atoms with Gasteiger partial charge in [-0.25, -0.2) is 0 Å². The lowest BCUT2D eigenvalue weighted by Gasteiger charge is -2.21. The van der Waals surface area contributed by atoms with Crippen molar-refractivity contribution in [1.82, 2.24) is 20.1 Å². The minimum absolute atomic E-state index is 0.0954. The third-order valence-electron chi connectivity index (χ3n) is 5.84. The molecule has 2 amide bonds. The van der Waals surface area contributed by atoms with Gasteiger partial charge in [-0.15, -0.1) is 10.2 Å². The maximum atomic E-state index is 13.0. The number of thioether (sulfide) groups is 1. The van der Waals surface area contributed by atoms with Gasteiger partial charge < -0.3 is 15.2 Å². The fourth-order valence-corrected chi connectivity index (χ4v) is 5.08. The highest BCUT2D eigenvalue weighted by Crippen LogP contribution is 2.27. The molecule has 9 heteroatoms. The molecule has 0 fully saturated rings. The molecule has 192 valence electrons. The van der Waals surface area contributed by atoms with Crippen molar-refractivity contribution in [3.05, 3.63) is 70.0 Å². The van der Waals surface area contributed by atoms with E-state index in [0.717, 1.165) is 23.2 Å². The number of hydrogen-bond donors (Lipinski definition) is 2. The number of benzene rings is 2. The molecule has 1 atom stereocenters. The van der Waals surface area contributed by atoms with Crippen LogP contribution in [-0.4, -0.2) is 32.3 Å². The second-order valence-corrected chi connectivity index (χ2v) is 10.4. The van der Waals surface area contributed by atoms with E-state index in [1.54, 1.807) is 24.3 Å². The molecule has 1 unspecified atom stereocenters. The number of rotatable bonds is 11. The second-order valence-electron chi connectivity index (χ2n) is 9.02. The predicted octanol–water partition coefficient (Wildman–Crippen LogP) is 6.07. The van der Waals surface area contributed by atoms with Gasteiger partial charge in [0.25, 0.3) is 5.91 Å². The number of para-hydroxylation sites is 1. The van der Waals surface area contributed by atoms with Gasteiger partial charge in [-0.05, 0) is 55.9 Å². The van der Waals surface area contributed by atoms with Crippen molar-refractivity contribution in [2.75, 3.05) is 11.1 Å². The van der Waals surface area contributed by atoms with Crippen LogP contribution in [0.4, 0.5) is 5.69 Å². The Morgan fingerprint density at radius 2 is 1.83 bits per heavy atom. The first-order valence-electron chi connectivity index (χ1n) is 12.2. The average molecular weight is 528 g/mol. The number of anilines is 1. The molecule has 36 heavy (non-hydrogen) atoms. The van der Waals surface area contributed by atoms with Gasteiger partial charge in [0.2, 0.25) is 5.91 Å². The number of nitrogens with one attached hydrogen (secondary N) is 2. The van der Waals surface area contributed by atoms with Crippen molar-refractivity contribution in [3.63, 3.8) is 0 Å². The molecule has 3 rings (SSSR count). The SMILES string of the molecule is CCc1cccc(C)c1NC(=O)CSc1nnc(C(CC(C)C)NC(=O)c2ccccc2Cl)n1CC. The average Bonchev–Trinajstić information content (AvgIpc) is 3.26. The van der Waals surface area contributed by atoms with Gasteiger partial charge >= 0.3 is 0 Å². The van der Waals surface area contributed by atoms with Crippen molar-refractivity contribution in [1.29, 1.82) is 0 Å². The van der Waals surface area contributed by atoms with E-state index in [1.807, 2.05) is 36.6 Å². The molecule has 0 saturated carbocycles. The molecule has 7 nitrogen and oxygen atoms in total. The van der Waals surface area contributed by atoms with Crippen LogP contribution in [-0.2, 0) is 17.8 Å². The van der Waals surface area contributed by atoms with Crippen LogP contribution in [0.2, 0.25) is 5.02 Å². The highest BCUT2D eigenvalue weighted by Gasteiger charge is 2.25. The van der Waals surface area contributed by atoms with E-state index in [-0.39, 0.29) is 23.6 Å². The third-order valence-corrected chi connectivity index (χ3v) is 7.14. The molecule has 0 aliphatic rings. The maximum Gasteiger partial charge on any atom is 0.253 e. The van der Waals surface area contributed by atoms with E-state index in [2.05, 4.69) is 41.6 Å². The minimum Gasteiger partial charge on any atom is -0.342 e. The maximum absolute atomic E-state index is 13.0. The zero-order valence-electron chi connectivity index (χ0n) is 21.5. The topological polar surface area (TPSA) is 88.9 Å². The quantitative estimate of drug-likeness (QED) is 0.295. The van der Waals surface area contributed by atoms with Gasteiger partial charge in [0, 0.05) is 12.2 Å². The lowest BCUT2D eigenvalue weighted by Crippen LogP contribution is -2.31. The van der Waals surface area contributed by atoms with Crippen LogP contribution >= 0.6 is 23.4 Å². The first-order valence-corrected chi connectivity index (χ1v) is 13.6. The summed E-state index contributed by atoms with van der Waals surface area (Å²) in [7, 11) is 0. The van der Waals surface area contributed by atoms with Gasteiger partial charge in [-0.2, -0.15) is 0 Å². The molecule has 0 saturated heterocycles. The Morgan fingerprint density at radius 3 is 2.50 bits per heavy atom. The molecule has 0 aliphatic carbocycles. The van der Waals surface area contributed by atoms with Crippen molar-refractivity contribution in [2.24, 2.45) is 5.92 Å². The van der Waals surface area contributed by atoms with Crippen LogP contribution in [0.5, 0.6) is 0 Å². The van der Waals surface area contributed by atoms with Crippen LogP contribution in [0.15, 0.2) is 47.6 Å². The number of nitrogens with zero attached hydrogens (tertiary/aromatic N) is 3. The van der Waals surface area contributed by atoms with E-state index in [4.69, 9.17) is 11.6 Å². The van der Waals surface area contributed by atoms with Crippen molar-refractivity contribution in [3.8, 4) is 0 Å². The van der Waals surface area contributed by atoms with E-state index in [9.17, 15) is 9.59 Å². The van der Waals surface area contributed by atoms with Gasteiger partial charge in [0.15, 0.2) is 11.0 Å². The highest BCUT2D eigenvalue weighted by atomic mass is 35.5. The molecular weight excluding hydrogens is 494 g/mol. The van der Waals surface area contributed by atoms with Crippen LogP contribution in [0.1, 0.15) is 67.5 Å². The normalized spacial score (nSPS) is 12.0. The zero-order chi connectivity index (χ0) is 26.2. The van der Waals surface area contributed by atoms with E-state index in [1.165, 1.54) is 11.8 Å². The summed E-state index contributed by atoms with van der Waals surface area (Å²) in [5, 5.41) is 16.0. The molecule has 1 heterocycles. The number of amides is 2. The van der Waals surface area contributed by atoms with Crippen LogP contribution < -0.4 is 10.6 Å². The van der Waals surface area contributed by atoms with Gasteiger partial charge in [0.05, 0.1) is 22.4 Å². The summed E-state index contributed by atoms with van der Waals surface area (Å²) in [5.74, 6) is 0.836. The summed E-state index contributed by atoms with van der Waals surface area (Å²) in [5.41, 5.74) is 3.45. The number of carbonyl (C=O) groups excluding carboxylic acids is 2. The Labute approximate surface area is 222 Å². The molecule has 0 bridgehead atoms. The number of aryl methyl sites for hydroxylation is 2. The third kappa shape index (κ3) is 6.89. The Kier molecular flexibility index (Phi) is 9.96. The van der Waals surface area contributed by atoms with E-state index >= 15 is 0 Å². The highest BCUT2D eigenvalue weighted by molar-refractivity contribution is 7.99. The van der Waals surface area contributed by atoms with Crippen molar-refractivity contribution < 1.29 is 9.59 Å². The molecule has 3 aromatic rings. The van der Waals surface area contributed by atoms with Crippen LogP contribution in [0, 0.1) is 12.8 Å². The fraction of sp³-hybridized carbons (Fsp3) is 0.407. The second kappa shape index (κ2) is 12.9. The first-order chi connectivity index (χ1) is 17.2. The van der Waals surface area contributed by atoms with Gasteiger partial charge in [-0.1, -0.05) is 74.5 Å². The summed E-state index contributed by atoms with van der Waals surface area (Å²) >= 11 is 7.58. The summed E-state index contributed by atoms with van der Waals surface area (Å²) in [4.78, 5) is 25.8. The molecule has 2 aromatic carbocycles. The first kappa shape index (κ1) is 27.7. The van der Waals surface area contributed by atoms with E-state index < -0.39 is 0 Å². The Bertz CT molecular complexity index is 1210. The van der Waals surface area contributed by atoms with E-state index in [0.29, 0.717) is 40.5 Å². The van der Waals surface area contributed by atoms with Gasteiger partial charge in [0.1, 0.15) is 0 Å². The standard InChI is InChI=1S/C27H34ClN5O2S/c1-6-19-12-10-11-18(5)24(19)30-23(34)16-36-27-32-31-25(33(27)7-2)22(15-17(3)4)29-26(35)20-13-8-9-14-21(20)28/h8-14,17,22H,6-7,15-16H2,1-5H3,(H,29,35)(H,30,34). The lowest BCUT2D eigenvalue weighted by atomic mass is 10.0. The number of aromatic nitrogens is 3. The molecule has 1 aromatic heterocycles. The minimum atomic E-state index is -0.344. The molecular formula is C27H34ClN5O2S. The number of halogens is 1. The Hall–Kier alpha value is -2.84. The molecule has 0 spiro atoms. The molecule has 2 N–H and O–H groups in total. The van der Waals surface area contributed by atoms with Crippen LogP contribution in [0.3, 0.4) is 0 Å².